The molecule has 0 amide bonds. The van der Waals surface area contributed by atoms with E-state index in [0.29, 0.717) is 16.7 Å². The lowest BCUT2D eigenvalue weighted by Gasteiger charge is -2.09. The summed E-state index contributed by atoms with van der Waals surface area (Å²) in [5, 5.41) is 14.8. The number of nitrogens with zero attached hydrogens (tertiary/aromatic N) is 1. The molecule has 0 saturated carbocycles. The summed E-state index contributed by atoms with van der Waals surface area (Å²) in [7, 11) is 0. The Balaban J connectivity index is 1.38. The fraction of sp³-hybridized carbons (Fsp3) is 0. The molecule has 0 aliphatic rings. The molecule has 3 N–H and O–H groups in total. The van der Waals surface area contributed by atoms with Crippen molar-refractivity contribution in [2.24, 2.45) is 10.7 Å². The molecule has 0 aliphatic heterocycles. The Kier molecular flexibility index (Phi) is 5.06. The molecule has 0 fully saturated rings. The number of hydrogen-bond acceptors (Lipinski definition) is 3. The van der Waals surface area contributed by atoms with Crippen molar-refractivity contribution in [2.75, 3.05) is 0 Å². The monoisotopic (exact) mass is 529 g/mol. The van der Waals surface area contributed by atoms with Crippen LogP contribution in [0.15, 0.2) is 135 Å². The Labute approximate surface area is 234 Å². The predicted molar refractivity (Wildman–Crippen MR) is 168 cm³/mol. The second-order valence-electron chi connectivity index (χ2n) is 10.2. The number of amidine groups is 2. The SMILES string of the molecule is N=C(/N=C(\N)c1cc(-c2cccc3c2oc2cc4ccccc4cc23)cc2oc3ccccc3c12)c1ccccc1. The number of hydrogen-bond donors (Lipinski definition) is 2. The molecule has 0 radical (unpaired) electrons. The van der Waals surface area contributed by atoms with Crippen molar-refractivity contribution in [2.45, 2.75) is 0 Å². The lowest BCUT2D eigenvalue weighted by molar-refractivity contribution is 0.668. The predicted octanol–water partition coefficient (Wildman–Crippen LogP) is 9.04. The summed E-state index contributed by atoms with van der Waals surface area (Å²) in [5.74, 6) is 0.348. The Hall–Kier alpha value is -5.68. The minimum atomic E-state index is 0.0981. The minimum absolute atomic E-state index is 0.0981. The largest absolute Gasteiger partial charge is 0.456 e. The first-order valence-electron chi connectivity index (χ1n) is 13.4. The zero-order chi connectivity index (χ0) is 27.5. The third kappa shape index (κ3) is 3.71. The van der Waals surface area contributed by atoms with Crippen LogP contribution >= 0.6 is 0 Å². The number of furan rings is 2. The molecule has 0 saturated heterocycles. The molecule has 6 aromatic carbocycles. The van der Waals surface area contributed by atoms with Gasteiger partial charge >= 0.3 is 0 Å². The molecule has 0 bridgehead atoms. The van der Waals surface area contributed by atoms with E-state index in [-0.39, 0.29) is 11.7 Å². The highest BCUT2D eigenvalue weighted by molar-refractivity contribution is 6.22. The number of nitrogens with one attached hydrogen (secondary N) is 1. The normalized spacial score (nSPS) is 12.2. The quantitative estimate of drug-likeness (QED) is 0.177. The first kappa shape index (κ1) is 23.2. The van der Waals surface area contributed by atoms with Gasteiger partial charge in [-0.15, -0.1) is 0 Å². The van der Waals surface area contributed by atoms with E-state index in [1.165, 1.54) is 5.39 Å². The van der Waals surface area contributed by atoms with Crippen LogP contribution in [0, 0.1) is 5.41 Å². The Morgan fingerprint density at radius 1 is 0.610 bits per heavy atom. The van der Waals surface area contributed by atoms with Crippen molar-refractivity contribution >= 4 is 66.3 Å². The standard InChI is InChI=1S/C36H23N3O2/c37-35(21-9-2-1-3-10-21)39-36(38)29-18-24(20-32-33(29)27-13-6-7-16-30(27)40-32)25-14-8-15-26-28-17-22-11-4-5-12-23(22)19-31(28)41-34(25)26/h1-20H,(H3,37,38,39). The molecule has 0 aliphatic carbocycles. The molecular formula is C36H23N3O2. The number of fused-ring (bicyclic) bond motifs is 7. The van der Waals surface area contributed by atoms with Crippen LogP contribution in [0.5, 0.6) is 0 Å². The van der Waals surface area contributed by atoms with Crippen LogP contribution in [-0.2, 0) is 0 Å². The van der Waals surface area contributed by atoms with Gasteiger partial charge in [0, 0.05) is 38.2 Å². The van der Waals surface area contributed by atoms with E-state index in [0.717, 1.165) is 54.8 Å². The van der Waals surface area contributed by atoms with Crippen molar-refractivity contribution in [3.05, 3.63) is 132 Å². The zero-order valence-electron chi connectivity index (χ0n) is 21.9. The zero-order valence-corrected chi connectivity index (χ0v) is 21.9. The maximum absolute atomic E-state index is 8.59. The summed E-state index contributed by atoms with van der Waals surface area (Å²) < 4.78 is 12.8. The number of para-hydroxylation sites is 2. The van der Waals surface area contributed by atoms with Crippen LogP contribution in [0.4, 0.5) is 0 Å². The molecule has 2 aromatic heterocycles. The highest BCUT2D eigenvalue weighted by Crippen LogP contribution is 2.40. The molecule has 0 atom stereocenters. The lowest BCUT2D eigenvalue weighted by Crippen LogP contribution is -2.16. The highest BCUT2D eigenvalue weighted by atomic mass is 16.3. The van der Waals surface area contributed by atoms with E-state index in [1.807, 2.05) is 78.9 Å². The van der Waals surface area contributed by atoms with Crippen LogP contribution < -0.4 is 5.73 Å². The molecule has 8 aromatic rings. The summed E-state index contributed by atoms with van der Waals surface area (Å²) >= 11 is 0. The van der Waals surface area contributed by atoms with Gasteiger partial charge in [0.1, 0.15) is 28.2 Å². The van der Waals surface area contributed by atoms with Crippen molar-refractivity contribution in [1.82, 2.24) is 0 Å². The number of nitrogens with two attached hydrogens (primary N) is 1. The van der Waals surface area contributed by atoms with Crippen LogP contribution in [0.25, 0.3) is 65.8 Å². The van der Waals surface area contributed by atoms with E-state index in [2.05, 4.69) is 47.5 Å². The number of rotatable bonds is 3. The topological polar surface area (TPSA) is 88.5 Å². The molecule has 5 heteroatoms. The van der Waals surface area contributed by atoms with Gasteiger partial charge in [0.2, 0.25) is 0 Å². The van der Waals surface area contributed by atoms with Gasteiger partial charge in [-0.25, -0.2) is 4.99 Å². The molecule has 2 heterocycles. The van der Waals surface area contributed by atoms with Crippen LogP contribution in [0.3, 0.4) is 0 Å². The lowest BCUT2D eigenvalue weighted by atomic mass is 9.96. The smallest absolute Gasteiger partial charge is 0.154 e. The molecule has 0 unspecified atom stereocenters. The van der Waals surface area contributed by atoms with Gasteiger partial charge in [0.25, 0.3) is 0 Å². The summed E-state index contributed by atoms with van der Waals surface area (Å²) in [6, 6.07) is 40.1. The van der Waals surface area contributed by atoms with Crippen LogP contribution in [-0.4, -0.2) is 11.7 Å². The average molecular weight is 530 g/mol. The van der Waals surface area contributed by atoms with Gasteiger partial charge in [-0.3, -0.25) is 5.41 Å². The molecule has 0 spiro atoms. The van der Waals surface area contributed by atoms with Gasteiger partial charge in [-0.2, -0.15) is 0 Å². The van der Waals surface area contributed by atoms with Crippen LogP contribution in [0.1, 0.15) is 11.1 Å². The fourth-order valence-electron chi connectivity index (χ4n) is 5.76. The fourth-order valence-corrected chi connectivity index (χ4v) is 5.76. The van der Waals surface area contributed by atoms with Crippen molar-refractivity contribution in [1.29, 1.82) is 5.41 Å². The highest BCUT2D eigenvalue weighted by Gasteiger charge is 2.19. The van der Waals surface area contributed by atoms with E-state index < -0.39 is 0 Å². The molecular weight excluding hydrogens is 506 g/mol. The average Bonchev–Trinajstić information content (AvgIpc) is 3.57. The molecule has 194 valence electrons. The summed E-state index contributed by atoms with van der Waals surface area (Å²) in [6.45, 7) is 0. The van der Waals surface area contributed by atoms with E-state index in [4.69, 9.17) is 20.0 Å². The Bertz CT molecular complexity index is 2340. The van der Waals surface area contributed by atoms with Gasteiger partial charge in [0.15, 0.2) is 5.84 Å². The third-order valence-electron chi connectivity index (χ3n) is 7.71. The second-order valence-corrected chi connectivity index (χ2v) is 10.2. The van der Waals surface area contributed by atoms with Gasteiger partial charge in [-0.1, -0.05) is 91.0 Å². The molecule has 8 rings (SSSR count). The van der Waals surface area contributed by atoms with Gasteiger partial charge < -0.3 is 14.6 Å². The first-order valence-corrected chi connectivity index (χ1v) is 13.4. The summed E-state index contributed by atoms with van der Waals surface area (Å²) in [5.41, 5.74) is 13.0. The first-order chi connectivity index (χ1) is 20.1. The van der Waals surface area contributed by atoms with E-state index in [9.17, 15) is 0 Å². The summed E-state index contributed by atoms with van der Waals surface area (Å²) in [6.07, 6.45) is 0. The van der Waals surface area contributed by atoms with Crippen molar-refractivity contribution in [3.63, 3.8) is 0 Å². The second kappa shape index (κ2) is 8.93. The van der Waals surface area contributed by atoms with E-state index >= 15 is 0 Å². The van der Waals surface area contributed by atoms with Crippen molar-refractivity contribution in [3.8, 4) is 11.1 Å². The maximum atomic E-state index is 8.59. The molecule has 5 nitrogen and oxygen atoms in total. The van der Waals surface area contributed by atoms with Crippen LogP contribution in [0.2, 0.25) is 0 Å². The van der Waals surface area contributed by atoms with Gasteiger partial charge in [0.05, 0.1) is 0 Å². The van der Waals surface area contributed by atoms with Gasteiger partial charge in [-0.05, 0) is 46.7 Å². The summed E-state index contributed by atoms with van der Waals surface area (Å²) in [4.78, 5) is 4.53. The minimum Gasteiger partial charge on any atom is -0.456 e. The van der Waals surface area contributed by atoms with E-state index in [1.54, 1.807) is 0 Å². The third-order valence-corrected chi connectivity index (χ3v) is 7.71. The Morgan fingerprint density at radius 3 is 2.20 bits per heavy atom. The number of benzene rings is 6. The Morgan fingerprint density at radius 2 is 1.34 bits per heavy atom. The molecule has 41 heavy (non-hydrogen) atoms. The maximum Gasteiger partial charge on any atom is 0.154 e. The number of aliphatic imine (C=N–C) groups is 1. The van der Waals surface area contributed by atoms with Crippen molar-refractivity contribution < 1.29 is 8.83 Å².